The van der Waals surface area contributed by atoms with Crippen LogP contribution in [0.3, 0.4) is 0 Å². The Morgan fingerprint density at radius 2 is 2.31 bits per heavy atom. The van der Waals surface area contributed by atoms with Gasteiger partial charge in [-0.3, -0.25) is 0 Å². The van der Waals surface area contributed by atoms with Crippen molar-refractivity contribution >= 4 is 28.1 Å². The first-order valence-corrected chi connectivity index (χ1v) is 6.49. The summed E-state index contributed by atoms with van der Waals surface area (Å²) in [6, 6.07) is 0.413. The van der Waals surface area contributed by atoms with E-state index in [0.717, 1.165) is 34.0 Å². The summed E-state index contributed by atoms with van der Waals surface area (Å²) < 4.78 is 1.12. The molecule has 0 bridgehead atoms. The molecule has 2 heterocycles. The summed E-state index contributed by atoms with van der Waals surface area (Å²) in [7, 11) is 0. The van der Waals surface area contributed by atoms with Crippen LogP contribution in [0.2, 0.25) is 0 Å². The molecule has 1 aliphatic heterocycles. The fraction of sp³-hybridized carbons (Fsp3) is 0.417. The summed E-state index contributed by atoms with van der Waals surface area (Å²) >= 11 is 3.52. The largest absolute Gasteiger partial charge is 0.341 e. The number of aromatic amines is 1. The Labute approximate surface area is 102 Å². The number of allylic oxidation sites excluding steroid dienone is 2. The molecular weight excluding hydrogens is 266 g/mol. The molecule has 0 spiro atoms. The van der Waals surface area contributed by atoms with Crippen LogP contribution >= 0.6 is 15.9 Å². The average Bonchev–Trinajstić information content (AvgIpc) is 2.86. The number of hydrogen-bond donors (Lipinski definition) is 2. The van der Waals surface area contributed by atoms with E-state index in [4.69, 9.17) is 0 Å². The third-order valence-corrected chi connectivity index (χ3v) is 3.63. The van der Waals surface area contributed by atoms with E-state index in [0.29, 0.717) is 6.04 Å². The quantitative estimate of drug-likeness (QED) is 0.808. The Hall–Kier alpha value is -0.870. The van der Waals surface area contributed by atoms with E-state index < -0.39 is 0 Å². The van der Waals surface area contributed by atoms with Gasteiger partial charge >= 0.3 is 0 Å². The number of H-pyrrole nitrogens is 1. The second-order valence-corrected chi connectivity index (χ2v) is 5.16. The van der Waals surface area contributed by atoms with Crippen molar-refractivity contribution in [3.05, 3.63) is 27.1 Å². The Balaban J connectivity index is 2.06. The van der Waals surface area contributed by atoms with Gasteiger partial charge in [-0.2, -0.15) is 0 Å². The number of aromatic nitrogens is 2. The number of rotatable bonds is 1. The van der Waals surface area contributed by atoms with Crippen LogP contribution in [-0.4, -0.2) is 16.5 Å². The molecule has 4 heteroatoms. The molecule has 1 saturated heterocycles. The smallest absolute Gasteiger partial charge is 0.124 e. The minimum absolute atomic E-state index is 0.413. The number of fused-ring (bicyclic) bond motifs is 1. The van der Waals surface area contributed by atoms with Crippen LogP contribution in [0.15, 0.2) is 10.6 Å². The molecule has 1 fully saturated rings. The molecule has 2 N–H and O–H groups in total. The van der Waals surface area contributed by atoms with Crippen molar-refractivity contribution in [1.82, 2.24) is 15.3 Å². The summed E-state index contributed by atoms with van der Waals surface area (Å²) in [5, 5.41) is 5.65. The van der Waals surface area contributed by atoms with Gasteiger partial charge in [0.25, 0.3) is 0 Å². The predicted octanol–water partition coefficient (Wildman–Crippen LogP) is 1.08. The van der Waals surface area contributed by atoms with Gasteiger partial charge in [0.05, 0.1) is 16.7 Å². The van der Waals surface area contributed by atoms with Gasteiger partial charge in [-0.1, -0.05) is 28.1 Å². The number of nitrogens with zero attached hydrogens (tertiary/aromatic N) is 1. The third kappa shape index (κ3) is 1.87. The molecule has 16 heavy (non-hydrogen) atoms. The Morgan fingerprint density at radius 1 is 1.38 bits per heavy atom. The van der Waals surface area contributed by atoms with E-state index in [-0.39, 0.29) is 0 Å². The van der Waals surface area contributed by atoms with Crippen molar-refractivity contribution in [2.24, 2.45) is 0 Å². The molecule has 0 aromatic carbocycles. The van der Waals surface area contributed by atoms with Crippen LogP contribution in [0.1, 0.15) is 31.1 Å². The second kappa shape index (κ2) is 4.18. The first-order chi connectivity index (χ1) is 7.83. The maximum Gasteiger partial charge on any atom is 0.124 e. The van der Waals surface area contributed by atoms with Crippen molar-refractivity contribution in [1.29, 1.82) is 0 Å². The molecule has 3 rings (SSSR count). The van der Waals surface area contributed by atoms with Crippen molar-refractivity contribution in [2.75, 3.05) is 6.54 Å². The minimum Gasteiger partial charge on any atom is -0.341 e. The summed E-state index contributed by atoms with van der Waals surface area (Å²) in [6.45, 7) is 1.10. The van der Waals surface area contributed by atoms with Crippen molar-refractivity contribution in [3.8, 4) is 0 Å². The SMILES string of the molecule is BrC1=CCC=c2nc(C3CCCN3)[nH]c2=C1. The summed E-state index contributed by atoms with van der Waals surface area (Å²) in [4.78, 5) is 8.08. The van der Waals surface area contributed by atoms with E-state index >= 15 is 0 Å². The van der Waals surface area contributed by atoms with Crippen molar-refractivity contribution in [2.45, 2.75) is 25.3 Å². The third-order valence-electron chi connectivity index (χ3n) is 3.08. The zero-order chi connectivity index (χ0) is 11.0. The zero-order valence-corrected chi connectivity index (χ0v) is 10.5. The van der Waals surface area contributed by atoms with Crippen LogP contribution in [0.25, 0.3) is 12.2 Å². The number of nitrogens with one attached hydrogen (secondary N) is 2. The molecule has 1 aliphatic carbocycles. The monoisotopic (exact) mass is 279 g/mol. The lowest BCUT2D eigenvalue weighted by molar-refractivity contribution is 0.611. The first-order valence-electron chi connectivity index (χ1n) is 5.70. The van der Waals surface area contributed by atoms with Gasteiger partial charge in [0.15, 0.2) is 0 Å². The molecule has 0 radical (unpaired) electrons. The summed E-state index contributed by atoms with van der Waals surface area (Å²) in [5.41, 5.74) is 0. The normalized spacial score (nSPS) is 24.1. The first kappa shape index (κ1) is 10.3. The zero-order valence-electron chi connectivity index (χ0n) is 8.96. The maximum atomic E-state index is 4.67. The van der Waals surface area contributed by atoms with Gasteiger partial charge in [-0.05, 0) is 31.9 Å². The second-order valence-electron chi connectivity index (χ2n) is 4.24. The average molecular weight is 280 g/mol. The lowest BCUT2D eigenvalue weighted by Crippen LogP contribution is -2.23. The van der Waals surface area contributed by atoms with Gasteiger partial charge in [0.2, 0.25) is 0 Å². The highest BCUT2D eigenvalue weighted by Crippen LogP contribution is 2.18. The van der Waals surface area contributed by atoms with Crippen molar-refractivity contribution < 1.29 is 0 Å². The molecule has 3 nitrogen and oxygen atoms in total. The fourth-order valence-corrected chi connectivity index (χ4v) is 2.66. The maximum absolute atomic E-state index is 4.67. The lowest BCUT2D eigenvalue weighted by Gasteiger charge is -2.04. The van der Waals surface area contributed by atoms with E-state index in [1.807, 2.05) is 0 Å². The Kier molecular flexibility index (Phi) is 2.69. The molecule has 0 amide bonds. The topological polar surface area (TPSA) is 40.7 Å². The molecule has 2 aliphatic rings. The highest BCUT2D eigenvalue weighted by Gasteiger charge is 2.18. The van der Waals surface area contributed by atoms with Crippen LogP contribution in [0.4, 0.5) is 0 Å². The molecule has 84 valence electrons. The molecular formula is C12H14BrN3. The minimum atomic E-state index is 0.413. The Bertz CT molecular complexity index is 535. The predicted molar refractivity (Wildman–Crippen MR) is 68.4 cm³/mol. The highest BCUT2D eigenvalue weighted by atomic mass is 79.9. The van der Waals surface area contributed by atoms with Crippen molar-refractivity contribution in [3.63, 3.8) is 0 Å². The standard InChI is InChI=1S/C12H14BrN3/c13-8-3-1-4-9-11(7-8)16-12(15-9)10-5-2-6-14-10/h3-4,7,10,14H,1-2,5-6H2,(H,15,16). The molecule has 1 aromatic rings. The highest BCUT2D eigenvalue weighted by molar-refractivity contribution is 9.12. The van der Waals surface area contributed by atoms with Gasteiger partial charge in [-0.25, -0.2) is 4.98 Å². The molecule has 1 atom stereocenters. The van der Waals surface area contributed by atoms with Crippen LogP contribution < -0.4 is 16.0 Å². The molecule has 1 unspecified atom stereocenters. The number of halogens is 1. The summed E-state index contributed by atoms with van der Waals surface area (Å²) in [6.07, 6.45) is 9.77. The number of imidazole rings is 1. The molecule has 0 saturated carbocycles. The van der Waals surface area contributed by atoms with Gasteiger partial charge < -0.3 is 10.3 Å². The summed E-state index contributed by atoms with van der Waals surface area (Å²) in [5.74, 6) is 1.08. The van der Waals surface area contributed by atoms with E-state index in [1.165, 1.54) is 12.8 Å². The van der Waals surface area contributed by atoms with Crippen LogP contribution in [0, 0.1) is 0 Å². The number of hydrogen-bond acceptors (Lipinski definition) is 2. The lowest BCUT2D eigenvalue weighted by atomic mass is 10.2. The van der Waals surface area contributed by atoms with Gasteiger partial charge in [0, 0.05) is 4.48 Å². The van der Waals surface area contributed by atoms with Crippen LogP contribution in [-0.2, 0) is 0 Å². The van der Waals surface area contributed by atoms with Crippen LogP contribution in [0.5, 0.6) is 0 Å². The Morgan fingerprint density at radius 3 is 3.12 bits per heavy atom. The molecule has 1 aromatic heterocycles. The fourth-order valence-electron chi connectivity index (χ4n) is 2.25. The van der Waals surface area contributed by atoms with Gasteiger partial charge in [0.1, 0.15) is 5.82 Å². The van der Waals surface area contributed by atoms with E-state index in [1.54, 1.807) is 0 Å². The van der Waals surface area contributed by atoms with Gasteiger partial charge in [-0.15, -0.1) is 0 Å². The van der Waals surface area contributed by atoms with E-state index in [9.17, 15) is 0 Å². The van der Waals surface area contributed by atoms with E-state index in [2.05, 4.69) is 49.4 Å².